The quantitative estimate of drug-likeness (QED) is 0.522. The molecule has 0 fully saturated rings. The molecule has 0 bridgehead atoms. The molecule has 0 aliphatic rings. The van der Waals surface area contributed by atoms with Crippen LogP contribution >= 0.6 is 0 Å². The molecule has 0 saturated carbocycles. The third kappa shape index (κ3) is 4.02. The highest BCUT2D eigenvalue weighted by Crippen LogP contribution is 2.26. The summed E-state index contributed by atoms with van der Waals surface area (Å²) in [5, 5.41) is 5.38. The lowest BCUT2D eigenvalue weighted by molar-refractivity contribution is -0.120. The number of nitrogens with one attached hydrogen (secondary N) is 2. The van der Waals surface area contributed by atoms with Gasteiger partial charge in [0.05, 0.1) is 6.42 Å². The first-order valence-electron chi connectivity index (χ1n) is 8.88. The summed E-state index contributed by atoms with van der Waals surface area (Å²) in [6.45, 7) is 8.11. The third-order valence-electron chi connectivity index (χ3n) is 4.58. The number of carbonyl (C=O) groups is 1. The molecule has 0 saturated heterocycles. The zero-order valence-corrected chi connectivity index (χ0v) is 15.8. The van der Waals surface area contributed by atoms with Gasteiger partial charge in [-0.25, -0.2) is 5.43 Å². The second-order valence-corrected chi connectivity index (χ2v) is 6.95. The van der Waals surface area contributed by atoms with Gasteiger partial charge in [-0.1, -0.05) is 42.0 Å². The number of nitrogens with zero attached hydrogens (tertiary/aromatic N) is 1. The third-order valence-corrected chi connectivity index (χ3v) is 4.58. The number of hydrazone groups is 1. The molecule has 0 aliphatic heterocycles. The van der Waals surface area contributed by atoms with Crippen LogP contribution in [0.5, 0.6) is 0 Å². The number of amides is 1. The highest BCUT2D eigenvalue weighted by molar-refractivity contribution is 5.92. The van der Waals surface area contributed by atoms with Crippen LogP contribution in [0, 0.1) is 20.8 Å². The van der Waals surface area contributed by atoms with E-state index in [9.17, 15) is 4.79 Å². The summed E-state index contributed by atoms with van der Waals surface area (Å²) in [7, 11) is 0. The number of aromatic nitrogens is 1. The molecule has 26 heavy (non-hydrogen) atoms. The van der Waals surface area contributed by atoms with Crippen LogP contribution < -0.4 is 5.43 Å². The molecule has 1 aromatic heterocycles. The van der Waals surface area contributed by atoms with Crippen molar-refractivity contribution in [1.82, 2.24) is 10.4 Å². The van der Waals surface area contributed by atoms with Crippen LogP contribution in [-0.4, -0.2) is 16.6 Å². The second-order valence-electron chi connectivity index (χ2n) is 6.95. The van der Waals surface area contributed by atoms with E-state index in [1.807, 2.05) is 32.0 Å². The molecule has 0 radical (unpaired) electrons. The molecule has 0 aliphatic carbocycles. The summed E-state index contributed by atoms with van der Waals surface area (Å²) in [4.78, 5) is 15.8. The molecule has 2 N–H and O–H groups in total. The SMILES string of the molecule is CC(Cc1ccccc1)=NNC(=O)Cc1c(C)[nH]c2c(C)cc(C)cc12. The van der Waals surface area contributed by atoms with Gasteiger partial charge in [-0.05, 0) is 50.5 Å². The van der Waals surface area contributed by atoms with E-state index in [1.54, 1.807) is 0 Å². The number of aryl methyl sites for hydroxylation is 3. The standard InChI is InChI=1S/C22H25N3O/c1-14-10-15(2)22-20(11-14)19(17(4)23-22)13-21(26)25-24-16(3)12-18-8-6-5-7-9-18/h5-11,23H,12-13H2,1-4H3,(H,25,26). The fraction of sp³-hybridized carbons (Fsp3) is 0.273. The van der Waals surface area contributed by atoms with Gasteiger partial charge in [0.15, 0.2) is 0 Å². The molecule has 2 aromatic carbocycles. The average molecular weight is 347 g/mol. The smallest absolute Gasteiger partial charge is 0.244 e. The highest BCUT2D eigenvalue weighted by Gasteiger charge is 2.14. The van der Waals surface area contributed by atoms with Gasteiger partial charge >= 0.3 is 0 Å². The molecule has 0 unspecified atom stereocenters. The van der Waals surface area contributed by atoms with Crippen molar-refractivity contribution < 1.29 is 4.79 Å². The number of hydrogen-bond acceptors (Lipinski definition) is 2. The van der Waals surface area contributed by atoms with Gasteiger partial charge in [0.2, 0.25) is 5.91 Å². The topological polar surface area (TPSA) is 57.2 Å². The molecule has 3 rings (SSSR count). The molecular weight excluding hydrogens is 322 g/mol. The fourth-order valence-corrected chi connectivity index (χ4v) is 3.35. The molecule has 1 amide bonds. The molecule has 4 nitrogen and oxygen atoms in total. The molecule has 1 heterocycles. The molecule has 3 aromatic rings. The number of benzene rings is 2. The van der Waals surface area contributed by atoms with Crippen molar-refractivity contribution in [2.75, 3.05) is 0 Å². The zero-order valence-electron chi connectivity index (χ0n) is 15.8. The van der Waals surface area contributed by atoms with Crippen LogP contribution in [0.2, 0.25) is 0 Å². The van der Waals surface area contributed by atoms with Gasteiger partial charge in [0, 0.05) is 28.7 Å². The van der Waals surface area contributed by atoms with E-state index in [2.05, 4.69) is 53.6 Å². The average Bonchev–Trinajstić information content (AvgIpc) is 2.90. The molecule has 4 heteroatoms. The molecular formula is C22H25N3O. The van der Waals surface area contributed by atoms with E-state index >= 15 is 0 Å². The van der Waals surface area contributed by atoms with Gasteiger partial charge in [-0.2, -0.15) is 5.10 Å². The van der Waals surface area contributed by atoms with Gasteiger partial charge in [-0.3, -0.25) is 4.79 Å². The second kappa shape index (κ2) is 7.56. The van der Waals surface area contributed by atoms with Crippen LogP contribution in [0.1, 0.15) is 34.9 Å². The summed E-state index contributed by atoms with van der Waals surface area (Å²) in [5.74, 6) is -0.0967. The van der Waals surface area contributed by atoms with Crippen LogP contribution in [0.15, 0.2) is 47.6 Å². The predicted molar refractivity (Wildman–Crippen MR) is 108 cm³/mol. The summed E-state index contributed by atoms with van der Waals surface area (Å²) in [6, 6.07) is 14.4. The first-order chi connectivity index (χ1) is 12.4. The lowest BCUT2D eigenvalue weighted by Gasteiger charge is -2.05. The number of carbonyl (C=O) groups excluding carboxylic acids is 1. The largest absolute Gasteiger partial charge is 0.358 e. The number of H-pyrrole nitrogens is 1. The monoisotopic (exact) mass is 347 g/mol. The first kappa shape index (κ1) is 17.9. The number of hydrogen-bond donors (Lipinski definition) is 2. The molecule has 0 atom stereocenters. The van der Waals surface area contributed by atoms with Crippen molar-refractivity contribution >= 4 is 22.5 Å². The number of aromatic amines is 1. The van der Waals surface area contributed by atoms with Crippen LogP contribution in [0.4, 0.5) is 0 Å². The zero-order chi connectivity index (χ0) is 18.7. The Balaban J connectivity index is 1.71. The maximum absolute atomic E-state index is 12.4. The minimum atomic E-state index is -0.0967. The Morgan fingerprint density at radius 2 is 1.81 bits per heavy atom. The Morgan fingerprint density at radius 3 is 2.54 bits per heavy atom. The van der Waals surface area contributed by atoms with E-state index in [-0.39, 0.29) is 5.91 Å². The molecule has 0 spiro atoms. The predicted octanol–water partition coefficient (Wildman–Crippen LogP) is 4.37. The summed E-state index contributed by atoms with van der Waals surface area (Å²) < 4.78 is 0. The van der Waals surface area contributed by atoms with Crippen molar-refractivity contribution in [3.05, 3.63) is 70.4 Å². The highest BCUT2D eigenvalue weighted by atomic mass is 16.2. The number of fused-ring (bicyclic) bond motifs is 1. The Bertz CT molecular complexity index is 968. The van der Waals surface area contributed by atoms with Crippen LogP contribution in [0.25, 0.3) is 10.9 Å². The fourth-order valence-electron chi connectivity index (χ4n) is 3.35. The minimum Gasteiger partial charge on any atom is -0.358 e. The van der Waals surface area contributed by atoms with Gasteiger partial charge in [-0.15, -0.1) is 0 Å². The van der Waals surface area contributed by atoms with Gasteiger partial charge in [0.25, 0.3) is 0 Å². The van der Waals surface area contributed by atoms with Gasteiger partial charge in [0.1, 0.15) is 0 Å². The maximum atomic E-state index is 12.4. The molecule has 134 valence electrons. The Kier molecular flexibility index (Phi) is 5.21. The van der Waals surface area contributed by atoms with E-state index in [4.69, 9.17) is 0 Å². The van der Waals surface area contributed by atoms with Crippen molar-refractivity contribution in [1.29, 1.82) is 0 Å². The van der Waals surface area contributed by atoms with Crippen molar-refractivity contribution in [3.63, 3.8) is 0 Å². The van der Waals surface area contributed by atoms with E-state index in [1.165, 1.54) is 16.7 Å². The van der Waals surface area contributed by atoms with Crippen molar-refractivity contribution in [3.8, 4) is 0 Å². The minimum absolute atomic E-state index is 0.0967. The summed E-state index contributed by atoms with van der Waals surface area (Å²) in [6.07, 6.45) is 1.04. The van der Waals surface area contributed by atoms with Crippen molar-refractivity contribution in [2.24, 2.45) is 5.10 Å². The summed E-state index contributed by atoms with van der Waals surface area (Å²) >= 11 is 0. The normalized spacial score (nSPS) is 11.8. The van der Waals surface area contributed by atoms with E-state index in [0.717, 1.165) is 34.3 Å². The summed E-state index contributed by atoms with van der Waals surface area (Å²) in [5.41, 5.74) is 10.4. The van der Waals surface area contributed by atoms with E-state index in [0.29, 0.717) is 6.42 Å². The Hall–Kier alpha value is -2.88. The lowest BCUT2D eigenvalue weighted by Crippen LogP contribution is -2.21. The Labute approximate surface area is 154 Å². The Morgan fingerprint density at radius 1 is 1.08 bits per heavy atom. The van der Waals surface area contributed by atoms with Crippen LogP contribution in [0.3, 0.4) is 0 Å². The van der Waals surface area contributed by atoms with E-state index < -0.39 is 0 Å². The maximum Gasteiger partial charge on any atom is 0.244 e. The van der Waals surface area contributed by atoms with Crippen molar-refractivity contribution in [2.45, 2.75) is 40.5 Å². The van der Waals surface area contributed by atoms with Crippen LogP contribution in [-0.2, 0) is 17.6 Å². The number of rotatable bonds is 5. The lowest BCUT2D eigenvalue weighted by atomic mass is 10.0. The van der Waals surface area contributed by atoms with Gasteiger partial charge < -0.3 is 4.98 Å². The first-order valence-corrected chi connectivity index (χ1v) is 8.88.